The maximum atomic E-state index is 11.2. The molecule has 0 radical (unpaired) electrons. The lowest BCUT2D eigenvalue weighted by molar-refractivity contribution is 0.0997. The molecule has 1 heterocycles. The van der Waals surface area contributed by atoms with Crippen LogP contribution >= 0.6 is 0 Å². The van der Waals surface area contributed by atoms with Crippen molar-refractivity contribution in [3.63, 3.8) is 0 Å². The Kier molecular flexibility index (Phi) is 5.51. The van der Waals surface area contributed by atoms with Gasteiger partial charge in [-0.15, -0.1) is 0 Å². The number of hydrogen-bond donors (Lipinski definition) is 0. The van der Waals surface area contributed by atoms with Crippen LogP contribution in [0.25, 0.3) is 0 Å². The first kappa shape index (κ1) is 12.3. The van der Waals surface area contributed by atoms with E-state index in [1.165, 1.54) is 6.42 Å². The molecule has 1 rings (SSSR count). The first-order valence-corrected chi connectivity index (χ1v) is 5.11. The van der Waals surface area contributed by atoms with E-state index in [2.05, 4.69) is 6.92 Å². The number of carbonyl (C=O) groups excluding carboxylic acids is 1. The molecule has 0 aromatic heterocycles. The Morgan fingerprint density at radius 3 is 2.15 bits per heavy atom. The molecule has 0 atom stereocenters. The number of likely N-dealkylation sites (tertiary alicyclic amines) is 1. The first-order chi connectivity index (χ1) is 6.15. The van der Waals surface area contributed by atoms with Crippen LogP contribution in [0.15, 0.2) is 0 Å². The molecule has 0 aromatic rings. The van der Waals surface area contributed by atoms with E-state index in [0.717, 1.165) is 19.0 Å². The van der Waals surface area contributed by atoms with E-state index in [9.17, 15) is 4.79 Å². The topological polar surface area (TPSA) is 23.6 Å². The van der Waals surface area contributed by atoms with Crippen LogP contribution in [0.5, 0.6) is 0 Å². The average molecular weight is 186 g/mol. The van der Waals surface area contributed by atoms with Gasteiger partial charge in [0.2, 0.25) is 0 Å². The second-order valence-electron chi connectivity index (χ2n) is 3.36. The van der Waals surface area contributed by atoms with E-state index in [0.29, 0.717) is 0 Å². The molecule has 13 heavy (non-hydrogen) atoms. The quantitative estimate of drug-likeness (QED) is 0.614. The van der Waals surface area contributed by atoms with Gasteiger partial charge >= 0.3 is 6.03 Å². The van der Waals surface area contributed by atoms with E-state index < -0.39 is 0 Å². The minimum absolute atomic E-state index is 0.148. The number of urea groups is 1. The Hall–Kier alpha value is -0.730. The zero-order valence-electron chi connectivity index (χ0n) is 9.50. The third-order valence-corrected chi connectivity index (χ3v) is 2.19. The predicted molar refractivity (Wildman–Crippen MR) is 55.8 cm³/mol. The summed E-state index contributed by atoms with van der Waals surface area (Å²) in [6.45, 7) is 8.07. The van der Waals surface area contributed by atoms with Crippen LogP contribution in [0.1, 0.15) is 27.2 Å². The highest BCUT2D eigenvalue weighted by molar-refractivity contribution is 5.74. The van der Waals surface area contributed by atoms with Gasteiger partial charge in [-0.3, -0.25) is 0 Å². The maximum absolute atomic E-state index is 11.2. The van der Waals surface area contributed by atoms with Crippen molar-refractivity contribution in [1.29, 1.82) is 0 Å². The molecule has 1 fully saturated rings. The van der Waals surface area contributed by atoms with Crippen molar-refractivity contribution < 1.29 is 4.79 Å². The Morgan fingerprint density at radius 1 is 1.38 bits per heavy atom. The molecule has 3 nitrogen and oxygen atoms in total. The van der Waals surface area contributed by atoms with Crippen LogP contribution in [0.2, 0.25) is 0 Å². The van der Waals surface area contributed by atoms with Crippen molar-refractivity contribution in [2.24, 2.45) is 5.92 Å². The highest BCUT2D eigenvalue weighted by atomic mass is 16.2. The van der Waals surface area contributed by atoms with Crippen molar-refractivity contribution in [2.45, 2.75) is 27.2 Å². The molecule has 2 amide bonds. The molecule has 0 unspecified atom stereocenters. The summed E-state index contributed by atoms with van der Waals surface area (Å²) in [7, 11) is 3.59. The van der Waals surface area contributed by atoms with Gasteiger partial charge in [-0.2, -0.15) is 0 Å². The molecule has 0 N–H and O–H groups in total. The van der Waals surface area contributed by atoms with Crippen molar-refractivity contribution in [3.8, 4) is 0 Å². The zero-order valence-corrected chi connectivity index (χ0v) is 9.50. The van der Waals surface area contributed by atoms with E-state index in [1.807, 2.05) is 18.7 Å². The lowest BCUT2D eigenvalue weighted by atomic mass is 9.98. The fourth-order valence-corrected chi connectivity index (χ4v) is 1.27. The highest BCUT2D eigenvalue weighted by Crippen LogP contribution is 2.18. The van der Waals surface area contributed by atoms with Gasteiger partial charge < -0.3 is 9.80 Å². The van der Waals surface area contributed by atoms with Gasteiger partial charge in [0.05, 0.1) is 0 Å². The van der Waals surface area contributed by atoms with Crippen LogP contribution < -0.4 is 0 Å². The fraction of sp³-hybridized carbons (Fsp3) is 0.900. The summed E-state index contributed by atoms with van der Waals surface area (Å²) in [6.07, 6.45) is 1.19. The van der Waals surface area contributed by atoms with Gasteiger partial charge in [0.25, 0.3) is 0 Å². The molecule has 0 bridgehead atoms. The number of hydrogen-bond acceptors (Lipinski definition) is 1. The Labute approximate surface area is 81.7 Å². The van der Waals surface area contributed by atoms with Crippen molar-refractivity contribution in [3.05, 3.63) is 0 Å². The molecule has 1 saturated heterocycles. The van der Waals surface area contributed by atoms with Crippen molar-refractivity contribution in [1.82, 2.24) is 9.80 Å². The van der Waals surface area contributed by atoms with Crippen LogP contribution in [-0.4, -0.2) is 43.0 Å². The summed E-state index contributed by atoms with van der Waals surface area (Å²) in [6, 6.07) is 0.148. The summed E-state index contributed by atoms with van der Waals surface area (Å²) in [4.78, 5) is 14.8. The fourth-order valence-electron chi connectivity index (χ4n) is 1.27. The SMILES string of the molecule is CC.CCC1CN(C(=O)N(C)C)C1. The molecule has 1 aliphatic heterocycles. The Morgan fingerprint density at radius 2 is 1.85 bits per heavy atom. The summed E-state index contributed by atoms with van der Waals surface area (Å²) in [5.74, 6) is 0.749. The van der Waals surface area contributed by atoms with E-state index in [1.54, 1.807) is 19.0 Å². The molecular weight excluding hydrogens is 164 g/mol. The largest absolute Gasteiger partial charge is 0.331 e. The molecule has 0 saturated carbocycles. The normalized spacial score (nSPS) is 15.6. The van der Waals surface area contributed by atoms with Crippen molar-refractivity contribution >= 4 is 6.03 Å². The highest BCUT2D eigenvalue weighted by Gasteiger charge is 2.29. The lowest BCUT2D eigenvalue weighted by Gasteiger charge is -2.40. The number of nitrogens with zero attached hydrogens (tertiary/aromatic N) is 2. The maximum Gasteiger partial charge on any atom is 0.319 e. The zero-order chi connectivity index (χ0) is 10.4. The molecular formula is C10H22N2O. The van der Waals surface area contributed by atoms with E-state index in [-0.39, 0.29) is 6.03 Å². The molecule has 3 heteroatoms. The Bertz CT molecular complexity index is 151. The van der Waals surface area contributed by atoms with Gasteiger partial charge in [-0.1, -0.05) is 20.8 Å². The van der Waals surface area contributed by atoms with Gasteiger partial charge in [0.1, 0.15) is 0 Å². The summed E-state index contributed by atoms with van der Waals surface area (Å²) in [5, 5.41) is 0. The van der Waals surface area contributed by atoms with Gasteiger partial charge in [-0.05, 0) is 12.3 Å². The van der Waals surface area contributed by atoms with Gasteiger partial charge in [-0.25, -0.2) is 4.79 Å². The van der Waals surface area contributed by atoms with Crippen molar-refractivity contribution in [2.75, 3.05) is 27.2 Å². The van der Waals surface area contributed by atoms with Gasteiger partial charge in [0.15, 0.2) is 0 Å². The second-order valence-corrected chi connectivity index (χ2v) is 3.36. The molecule has 0 aliphatic carbocycles. The third kappa shape index (κ3) is 3.25. The van der Waals surface area contributed by atoms with Gasteiger partial charge in [0, 0.05) is 27.2 Å². The molecule has 1 aliphatic rings. The molecule has 0 aromatic carbocycles. The van der Waals surface area contributed by atoms with Crippen LogP contribution in [0.4, 0.5) is 4.79 Å². The van der Waals surface area contributed by atoms with E-state index >= 15 is 0 Å². The lowest BCUT2D eigenvalue weighted by Crippen LogP contribution is -2.53. The minimum atomic E-state index is 0.148. The van der Waals surface area contributed by atoms with Crippen LogP contribution in [-0.2, 0) is 0 Å². The minimum Gasteiger partial charge on any atom is -0.331 e. The average Bonchev–Trinajstić information content (AvgIpc) is 2.06. The smallest absolute Gasteiger partial charge is 0.319 e. The Balaban J connectivity index is 0.000000671. The van der Waals surface area contributed by atoms with Crippen LogP contribution in [0, 0.1) is 5.92 Å². The predicted octanol–water partition coefficient (Wildman–Crippen LogP) is 2.04. The van der Waals surface area contributed by atoms with Crippen LogP contribution in [0.3, 0.4) is 0 Å². The molecule has 78 valence electrons. The summed E-state index contributed by atoms with van der Waals surface area (Å²) >= 11 is 0. The third-order valence-electron chi connectivity index (χ3n) is 2.19. The standard InChI is InChI=1S/C8H16N2O.C2H6/c1-4-7-5-10(6-7)8(11)9(2)3;1-2/h7H,4-6H2,1-3H3;1-2H3. The number of carbonyl (C=O) groups is 1. The molecule has 0 spiro atoms. The summed E-state index contributed by atoms with van der Waals surface area (Å²) < 4.78 is 0. The number of rotatable bonds is 1. The monoisotopic (exact) mass is 186 g/mol. The summed E-state index contributed by atoms with van der Waals surface area (Å²) in [5.41, 5.74) is 0. The first-order valence-electron chi connectivity index (χ1n) is 5.11. The second kappa shape index (κ2) is 5.84. The number of amides is 2. The van der Waals surface area contributed by atoms with E-state index in [4.69, 9.17) is 0 Å².